The smallest absolute Gasteiger partial charge is 0.366 e. The molecule has 0 unspecified atom stereocenters. The zero-order valence-corrected chi connectivity index (χ0v) is 13.9. The van der Waals surface area contributed by atoms with E-state index in [0.29, 0.717) is 18.7 Å². The zero-order valence-electron chi connectivity index (χ0n) is 13.9. The summed E-state index contributed by atoms with van der Waals surface area (Å²) >= 11 is 0. The SMILES string of the molecule is CN(C)CCNc1nc(NCc2ccccc2F)cc(C(F)(F)F)n1. The molecule has 0 aliphatic heterocycles. The van der Waals surface area contributed by atoms with E-state index in [1.807, 2.05) is 19.0 Å². The van der Waals surface area contributed by atoms with Crippen LogP contribution in [0.2, 0.25) is 0 Å². The Balaban J connectivity index is 2.16. The lowest BCUT2D eigenvalue weighted by molar-refractivity contribution is -0.141. The molecule has 0 spiro atoms. The minimum absolute atomic E-state index is 0.0120. The monoisotopic (exact) mass is 357 g/mol. The van der Waals surface area contributed by atoms with E-state index in [1.54, 1.807) is 12.1 Å². The summed E-state index contributed by atoms with van der Waals surface area (Å²) in [7, 11) is 3.69. The molecular weight excluding hydrogens is 338 g/mol. The molecule has 2 aromatic rings. The lowest BCUT2D eigenvalue weighted by atomic mass is 10.2. The first-order valence-electron chi connectivity index (χ1n) is 7.58. The molecule has 0 saturated carbocycles. The van der Waals surface area contributed by atoms with E-state index < -0.39 is 17.7 Å². The van der Waals surface area contributed by atoms with Crippen LogP contribution in [0.15, 0.2) is 30.3 Å². The van der Waals surface area contributed by atoms with Crippen molar-refractivity contribution in [2.45, 2.75) is 12.7 Å². The highest BCUT2D eigenvalue weighted by molar-refractivity contribution is 5.43. The number of alkyl halides is 3. The molecular formula is C16H19F4N5. The van der Waals surface area contributed by atoms with Crippen LogP contribution in [0.3, 0.4) is 0 Å². The van der Waals surface area contributed by atoms with E-state index in [4.69, 9.17) is 0 Å². The fourth-order valence-electron chi connectivity index (χ4n) is 1.98. The first-order valence-corrected chi connectivity index (χ1v) is 7.58. The number of nitrogens with zero attached hydrogens (tertiary/aromatic N) is 3. The van der Waals surface area contributed by atoms with Crippen molar-refractivity contribution in [3.63, 3.8) is 0 Å². The molecule has 0 saturated heterocycles. The van der Waals surface area contributed by atoms with Crippen LogP contribution in [0.25, 0.3) is 0 Å². The van der Waals surface area contributed by atoms with Gasteiger partial charge in [-0.05, 0) is 20.2 Å². The Morgan fingerprint density at radius 2 is 1.80 bits per heavy atom. The number of aromatic nitrogens is 2. The van der Waals surface area contributed by atoms with Crippen LogP contribution in [0.5, 0.6) is 0 Å². The molecule has 9 heteroatoms. The van der Waals surface area contributed by atoms with Crippen molar-refractivity contribution < 1.29 is 17.6 Å². The minimum Gasteiger partial charge on any atom is -0.366 e. The molecule has 0 bridgehead atoms. The number of benzene rings is 1. The molecule has 25 heavy (non-hydrogen) atoms. The number of hydrogen-bond donors (Lipinski definition) is 2. The largest absolute Gasteiger partial charge is 0.433 e. The number of hydrogen-bond acceptors (Lipinski definition) is 5. The van der Waals surface area contributed by atoms with Crippen LogP contribution >= 0.6 is 0 Å². The molecule has 136 valence electrons. The maximum atomic E-state index is 13.6. The number of nitrogens with one attached hydrogen (secondary N) is 2. The summed E-state index contributed by atoms with van der Waals surface area (Å²) in [6.07, 6.45) is -4.60. The maximum absolute atomic E-state index is 13.6. The predicted molar refractivity (Wildman–Crippen MR) is 87.8 cm³/mol. The third-order valence-electron chi connectivity index (χ3n) is 3.28. The normalized spacial score (nSPS) is 11.6. The van der Waals surface area contributed by atoms with Gasteiger partial charge in [0.05, 0.1) is 0 Å². The number of anilines is 2. The van der Waals surface area contributed by atoms with E-state index >= 15 is 0 Å². The third kappa shape index (κ3) is 5.86. The minimum atomic E-state index is -4.60. The topological polar surface area (TPSA) is 53.1 Å². The van der Waals surface area contributed by atoms with Gasteiger partial charge in [0, 0.05) is 31.3 Å². The Morgan fingerprint density at radius 3 is 2.44 bits per heavy atom. The standard InChI is InChI=1S/C16H19F4N5/c1-25(2)8-7-21-15-23-13(16(18,19)20)9-14(24-15)22-10-11-5-3-4-6-12(11)17/h3-6,9H,7-8,10H2,1-2H3,(H2,21,22,23,24). The summed E-state index contributed by atoms with van der Waals surface area (Å²) in [6.45, 7) is 1.01. The second-order valence-electron chi connectivity index (χ2n) is 5.63. The van der Waals surface area contributed by atoms with Crippen LogP contribution in [0.4, 0.5) is 29.3 Å². The van der Waals surface area contributed by atoms with Gasteiger partial charge in [-0.15, -0.1) is 0 Å². The molecule has 0 radical (unpaired) electrons. The Kier molecular flexibility index (Phi) is 6.13. The Morgan fingerprint density at radius 1 is 1.08 bits per heavy atom. The van der Waals surface area contributed by atoms with Crippen molar-refractivity contribution in [1.82, 2.24) is 14.9 Å². The quantitative estimate of drug-likeness (QED) is 0.746. The number of rotatable bonds is 7. The second kappa shape index (κ2) is 8.11. The Labute approximate surface area is 143 Å². The highest BCUT2D eigenvalue weighted by Crippen LogP contribution is 2.29. The fraction of sp³-hybridized carbons (Fsp3) is 0.375. The van der Waals surface area contributed by atoms with Crippen molar-refractivity contribution in [3.05, 3.63) is 47.4 Å². The Hall–Kier alpha value is -2.42. The van der Waals surface area contributed by atoms with Crippen LogP contribution in [0.1, 0.15) is 11.3 Å². The van der Waals surface area contributed by atoms with Gasteiger partial charge >= 0.3 is 6.18 Å². The number of halogens is 4. The highest BCUT2D eigenvalue weighted by Gasteiger charge is 2.33. The molecule has 0 aliphatic rings. The molecule has 5 nitrogen and oxygen atoms in total. The summed E-state index contributed by atoms with van der Waals surface area (Å²) in [4.78, 5) is 9.38. The average Bonchev–Trinajstić information content (AvgIpc) is 2.53. The molecule has 0 amide bonds. The van der Waals surface area contributed by atoms with Gasteiger partial charge in [-0.3, -0.25) is 0 Å². The van der Waals surface area contributed by atoms with Crippen molar-refractivity contribution in [2.24, 2.45) is 0 Å². The van der Waals surface area contributed by atoms with E-state index in [2.05, 4.69) is 20.6 Å². The molecule has 0 aliphatic carbocycles. The van der Waals surface area contributed by atoms with Gasteiger partial charge in [0.1, 0.15) is 11.6 Å². The summed E-state index contributed by atoms with van der Waals surface area (Å²) in [5.74, 6) is -0.602. The average molecular weight is 357 g/mol. The number of likely N-dealkylation sites (N-methyl/N-ethyl adjacent to an activating group) is 1. The zero-order chi connectivity index (χ0) is 18.4. The lowest BCUT2D eigenvalue weighted by Crippen LogP contribution is -2.22. The van der Waals surface area contributed by atoms with E-state index in [1.165, 1.54) is 12.1 Å². The Bertz CT molecular complexity index is 703. The molecule has 0 fully saturated rings. The van der Waals surface area contributed by atoms with E-state index in [9.17, 15) is 17.6 Å². The summed E-state index contributed by atoms with van der Waals surface area (Å²) in [5.41, 5.74) is -0.734. The molecule has 1 aromatic carbocycles. The van der Waals surface area contributed by atoms with Crippen molar-refractivity contribution in [3.8, 4) is 0 Å². The van der Waals surface area contributed by atoms with Crippen LogP contribution < -0.4 is 10.6 Å². The van der Waals surface area contributed by atoms with E-state index in [0.717, 1.165) is 6.07 Å². The second-order valence-corrected chi connectivity index (χ2v) is 5.63. The van der Waals surface area contributed by atoms with Gasteiger partial charge in [0.25, 0.3) is 0 Å². The van der Waals surface area contributed by atoms with Gasteiger partial charge in [0.15, 0.2) is 5.69 Å². The van der Waals surface area contributed by atoms with Crippen LogP contribution in [-0.4, -0.2) is 42.1 Å². The first kappa shape index (κ1) is 18.9. The van der Waals surface area contributed by atoms with Gasteiger partial charge in [-0.1, -0.05) is 18.2 Å². The van der Waals surface area contributed by atoms with Gasteiger partial charge in [-0.25, -0.2) is 9.37 Å². The lowest BCUT2D eigenvalue weighted by Gasteiger charge is -2.14. The van der Waals surface area contributed by atoms with Gasteiger partial charge in [0.2, 0.25) is 5.95 Å². The van der Waals surface area contributed by atoms with E-state index in [-0.39, 0.29) is 18.3 Å². The van der Waals surface area contributed by atoms with Crippen LogP contribution in [-0.2, 0) is 12.7 Å². The fourth-order valence-corrected chi connectivity index (χ4v) is 1.98. The molecule has 1 aromatic heterocycles. The van der Waals surface area contributed by atoms with Crippen molar-refractivity contribution in [2.75, 3.05) is 37.8 Å². The molecule has 0 atom stereocenters. The van der Waals surface area contributed by atoms with Crippen molar-refractivity contribution >= 4 is 11.8 Å². The summed E-state index contributed by atoms with van der Waals surface area (Å²) in [5, 5.41) is 5.47. The predicted octanol–water partition coefficient (Wildman–Crippen LogP) is 3.22. The maximum Gasteiger partial charge on any atom is 0.433 e. The summed E-state index contributed by atoms with van der Waals surface area (Å²) in [6, 6.07) is 6.82. The van der Waals surface area contributed by atoms with Crippen LogP contribution in [0, 0.1) is 5.82 Å². The summed E-state index contributed by atoms with van der Waals surface area (Å²) < 4.78 is 52.6. The molecule has 1 heterocycles. The van der Waals surface area contributed by atoms with Crippen molar-refractivity contribution in [1.29, 1.82) is 0 Å². The molecule has 2 N–H and O–H groups in total. The molecule has 2 rings (SSSR count). The van der Waals surface area contributed by atoms with Gasteiger partial charge < -0.3 is 15.5 Å². The third-order valence-corrected chi connectivity index (χ3v) is 3.28. The first-order chi connectivity index (χ1) is 11.8. The highest BCUT2D eigenvalue weighted by atomic mass is 19.4. The van der Waals surface area contributed by atoms with Gasteiger partial charge in [-0.2, -0.15) is 18.2 Å².